The lowest BCUT2D eigenvalue weighted by Gasteiger charge is -2.29. The molecule has 3 aromatic heterocycles. The van der Waals surface area contributed by atoms with Crippen molar-refractivity contribution in [3.05, 3.63) is 53.5 Å². The van der Waals surface area contributed by atoms with Crippen LogP contribution in [0.25, 0.3) is 11.3 Å². The van der Waals surface area contributed by atoms with Gasteiger partial charge in [0, 0.05) is 36.3 Å². The number of hydrogen-bond donors (Lipinski definition) is 1. The number of rotatable bonds is 7. The summed E-state index contributed by atoms with van der Waals surface area (Å²) in [5.74, 6) is 1.97. The molecule has 0 atom stereocenters. The monoisotopic (exact) mass is 434 g/mol. The molecule has 1 fully saturated rings. The molecule has 1 amide bonds. The van der Waals surface area contributed by atoms with E-state index in [9.17, 15) is 4.79 Å². The zero-order valence-corrected chi connectivity index (χ0v) is 18.9. The fourth-order valence-corrected chi connectivity index (χ4v) is 4.24. The zero-order chi connectivity index (χ0) is 22.5. The molecule has 1 N–H and O–H groups in total. The molecule has 32 heavy (non-hydrogen) atoms. The number of carbonyl (C=O) groups excluding carboxylic acids is 1. The molecule has 1 saturated carbocycles. The lowest BCUT2D eigenvalue weighted by molar-refractivity contribution is -0.120. The van der Waals surface area contributed by atoms with E-state index in [0.717, 1.165) is 48.5 Å². The highest BCUT2D eigenvalue weighted by Crippen LogP contribution is 2.38. The van der Waals surface area contributed by atoms with Crippen molar-refractivity contribution >= 4 is 5.91 Å². The molecule has 1 aliphatic carbocycles. The van der Waals surface area contributed by atoms with Crippen LogP contribution in [0.2, 0.25) is 0 Å². The van der Waals surface area contributed by atoms with Gasteiger partial charge in [0.2, 0.25) is 5.91 Å². The zero-order valence-electron chi connectivity index (χ0n) is 18.9. The summed E-state index contributed by atoms with van der Waals surface area (Å²) in [6.07, 6.45) is 8.15. The number of aromatic nitrogens is 5. The Morgan fingerprint density at radius 1 is 1.16 bits per heavy atom. The van der Waals surface area contributed by atoms with Gasteiger partial charge in [0.1, 0.15) is 17.2 Å². The van der Waals surface area contributed by atoms with Crippen molar-refractivity contribution in [2.24, 2.45) is 5.92 Å². The average Bonchev–Trinajstić information content (AvgIpc) is 3.22. The van der Waals surface area contributed by atoms with E-state index in [1.54, 1.807) is 6.92 Å². The molecule has 168 valence electrons. The maximum Gasteiger partial charge on any atom is 0.226 e. The van der Waals surface area contributed by atoms with Gasteiger partial charge in [0.05, 0.1) is 17.8 Å². The second-order valence-electron chi connectivity index (χ2n) is 8.89. The van der Waals surface area contributed by atoms with Crippen LogP contribution in [-0.2, 0) is 11.2 Å². The minimum Gasteiger partial charge on any atom is -0.355 e. The molecule has 0 aliphatic heterocycles. The van der Waals surface area contributed by atoms with Gasteiger partial charge in [-0.1, -0.05) is 30.2 Å². The van der Waals surface area contributed by atoms with Gasteiger partial charge in [0.25, 0.3) is 0 Å². The predicted octanol–water partition coefficient (Wildman–Crippen LogP) is 3.99. The first-order chi connectivity index (χ1) is 15.5. The molecule has 1 aliphatic rings. The first-order valence-corrected chi connectivity index (χ1v) is 11.3. The highest BCUT2D eigenvalue weighted by Gasteiger charge is 2.27. The van der Waals surface area contributed by atoms with E-state index < -0.39 is 0 Å². The molecule has 0 spiro atoms. The maximum absolute atomic E-state index is 12.2. The number of hydrogen-bond acceptors (Lipinski definition) is 7. The van der Waals surface area contributed by atoms with Gasteiger partial charge < -0.3 is 5.32 Å². The van der Waals surface area contributed by atoms with Crippen molar-refractivity contribution in [3.8, 4) is 11.3 Å². The summed E-state index contributed by atoms with van der Waals surface area (Å²) in [4.78, 5) is 26.4. The SMILES string of the molecule is Cc1nonc1CC(=O)NCC1CCC(c2nc(C(C)C)ncc2-c2ccccn2)CC1. The van der Waals surface area contributed by atoms with Crippen molar-refractivity contribution in [2.75, 3.05) is 6.54 Å². The van der Waals surface area contributed by atoms with Gasteiger partial charge in [-0.3, -0.25) is 9.78 Å². The van der Waals surface area contributed by atoms with Crippen molar-refractivity contribution in [2.45, 2.75) is 64.7 Å². The molecule has 0 unspecified atom stereocenters. The van der Waals surface area contributed by atoms with E-state index in [1.165, 1.54) is 0 Å². The highest BCUT2D eigenvalue weighted by atomic mass is 16.6. The Balaban J connectivity index is 1.39. The summed E-state index contributed by atoms with van der Waals surface area (Å²) in [6, 6.07) is 5.94. The number of nitrogens with one attached hydrogen (secondary N) is 1. The molecule has 0 radical (unpaired) electrons. The molecule has 4 rings (SSSR count). The van der Waals surface area contributed by atoms with E-state index >= 15 is 0 Å². The number of amides is 1. The highest BCUT2D eigenvalue weighted by molar-refractivity contribution is 5.78. The van der Waals surface area contributed by atoms with E-state index in [4.69, 9.17) is 4.98 Å². The van der Waals surface area contributed by atoms with Crippen molar-refractivity contribution in [1.29, 1.82) is 0 Å². The number of nitrogens with zero attached hydrogens (tertiary/aromatic N) is 5. The molecular weight excluding hydrogens is 404 g/mol. The Hall–Kier alpha value is -3.16. The van der Waals surface area contributed by atoms with Crippen molar-refractivity contribution in [3.63, 3.8) is 0 Å². The number of pyridine rings is 1. The summed E-state index contributed by atoms with van der Waals surface area (Å²) in [5.41, 5.74) is 4.32. The van der Waals surface area contributed by atoms with Crippen molar-refractivity contribution in [1.82, 2.24) is 30.6 Å². The summed E-state index contributed by atoms with van der Waals surface area (Å²) in [5, 5.41) is 10.6. The van der Waals surface area contributed by atoms with Crippen LogP contribution >= 0.6 is 0 Å². The number of carbonyl (C=O) groups is 1. The van der Waals surface area contributed by atoms with Crippen LogP contribution in [0, 0.1) is 12.8 Å². The molecule has 3 aromatic rings. The van der Waals surface area contributed by atoms with Gasteiger partial charge in [0.15, 0.2) is 0 Å². The molecule has 8 nitrogen and oxygen atoms in total. The normalized spacial score (nSPS) is 18.6. The summed E-state index contributed by atoms with van der Waals surface area (Å²) in [6.45, 7) is 6.72. The smallest absolute Gasteiger partial charge is 0.226 e. The van der Waals surface area contributed by atoms with Crippen LogP contribution in [0.1, 0.15) is 74.3 Å². The van der Waals surface area contributed by atoms with Crippen LogP contribution < -0.4 is 5.32 Å². The standard InChI is InChI=1S/C24H30N6O2/c1-15(2)24-27-14-19(20-6-4-5-11-25-20)23(28-24)18-9-7-17(8-10-18)13-26-22(31)12-21-16(3)29-32-30-21/h4-6,11,14-15,17-18H,7-10,12-13H2,1-3H3,(H,26,31). The largest absolute Gasteiger partial charge is 0.355 e. The maximum atomic E-state index is 12.2. The molecule has 0 bridgehead atoms. The Morgan fingerprint density at radius 3 is 2.62 bits per heavy atom. The molecular formula is C24H30N6O2. The van der Waals surface area contributed by atoms with Gasteiger partial charge >= 0.3 is 0 Å². The topological polar surface area (TPSA) is 107 Å². The van der Waals surface area contributed by atoms with Crippen molar-refractivity contribution < 1.29 is 9.42 Å². The fourth-order valence-electron chi connectivity index (χ4n) is 4.24. The molecule has 8 heteroatoms. The van der Waals surface area contributed by atoms with E-state index in [2.05, 4.69) is 44.1 Å². The van der Waals surface area contributed by atoms with Gasteiger partial charge in [-0.25, -0.2) is 14.6 Å². The van der Waals surface area contributed by atoms with E-state index in [-0.39, 0.29) is 18.2 Å². The molecule has 0 saturated heterocycles. The first kappa shape index (κ1) is 22.0. The minimum atomic E-state index is -0.0410. The second kappa shape index (κ2) is 9.97. The third-order valence-corrected chi connectivity index (χ3v) is 6.19. The summed E-state index contributed by atoms with van der Waals surface area (Å²) >= 11 is 0. The average molecular weight is 435 g/mol. The molecule has 0 aromatic carbocycles. The van der Waals surface area contributed by atoms with Crippen LogP contribution in [0.3, 0.4) is 0 Å². The third kappa shape index (κ3) is 5.18. The lowest BCUT2D eigenvalue weighted by Crippen LogP contribution is -2.32. The van der Waals surface area contributed by atoms with Gasteiger partial charge in [-0.05, 0) is 50.7 Å². The van der Waals surface area contributed by atoms with Crippen LogP contribution in [0.15, 0.2) is 35.2 Å². The Kier molecular flexibility index (Phi) is 6.87. The first-order valence-electron chi connectivity index (χ1n) is 11.3. The van der Waals surface area contributed by atoms with Crippen LogP contribution in [-0.4, -0.2) is 37.7 Å². The molecule has 3 heterocycles. The Bertz CT molecular complexity index is 1040. The fraction of sp³-hybridized carbons (Fsp3) is 0.500. The van der Waals surface area contributed by atoms with Crippen LogP contribution in [0.4, 0.5) is 0 Å². The van der Waals surface area contributed by atoms with Gasteiger partial charge in [-0.2, -0.15) is 0 Å². The lowest BCUT2D eigenvalue weighted by atomic mass is 9.79. The Labute approximate surface area is 188 Å². The third-order valence-electron chi connectivity index (χ3n) is 6.19. The predicted molar refractivity (Wildman–Crippen MR) is 120 cm³/mol. The van der Waals surface area contributed by atoms with Gasteiger partial charge in [-0.15, -0.1) is 0 Å². The quantitative estimate of drug-likeness (QED) is 0.599. The minimum absolute atomic E-state index is 0.0410. The Morgan fingerprint density at radius 2 is 1.97 bits per heavy atom. The second-order valence-corrected chi connectivity index (χ2v) is 8.89. The summed E-state index contributed by atoms with van der Waals surface area (Å²) in [7, 11) is 0. The number of aryl methyl sites for hydroxylation is 1. The van der Waals surface area contributed by atoms with Crippen LogP contribution in [0.5, 0.6) is 0 Å². The summed E-state index contributed by atoms with van der Waals surface area (Å²) < 4.78 is 4.66. The van der Waals surface area contributed by atoms with E-state index in [0.29, 0.717) is 29.8 Å². The van der Waals surface area contributed by atoms with E-state index in [1.807, 2.05) is 30.6 Å².